The molecule has 0 bridgehead atoms. The highest BCUT2D eigenvalue weighted by Gasteiger charge is 2.43. The number of morpholine rings is 1. The van der Waals surface area contributed by atoms with E-state index in [-0.39, 0.29) is 5.91 Å². The SMILES string of the molecule is CN(C)C(=O)[C@]1(C)CN(CC2(O)CCC(c3ccccc3)CC2)CCO1. The van der Waals surface area contributed by atoms with Gasteiger partial charge in [-0.2, -0.15) is 0 Å². The van der Waals surface area contributed by atoms with Gasteiger partial charge in [-0.1, -0.05) is 30.3 Å². The first-order valence-corrected chi connectivity index (χ1v) is 9.67. The largest absolute Gasteiger partial charge is 0.389 e. The van der Waals surface area contributed by atoms with E-state index in [2.05, 4.69) is 29.2 Å². The predicted octanol–water partition coefficient (Wildman–Crippen LogP) is 2.25. The minimum absolute atomic E-state index is 0.0121. The summed E-state index contributed by atoms with van der Waals surface area (Å²) in [6, 6.07) is 10.6. The van der Waals surface area contributed by atoms with Crippen molar-refractivity contribution in [3.05, 3.63) is 35.9 Å². The minimum atomic E-state index is -0.820. The molecule has 3 rings (SSSR count). The van der Waals surface area contributed by atoms with Gasteiger partial charge in [0.25, 0.3) is 5.91 Å². The second kappa shape index (κ2) is 7.67. The molecule has 5 nitrogen and oxygen atoms in total. The lowest BCUT2D eigenvalue weighted by atomic mass is 9.76. The average molecular weight is 360 g/mol. The van der Waals surface area contributed by atoms with E-state index >= 15 is 0 Å². The number of carbonyl (C=O) groups excluding carboxylic acids is 1. The van der Waals surface area contributed by atoms with Crippen molar-refractivity contribution in [2.45, 2.75) is 49.7 Å². The molecule has 26 heavy (non-hydrogen) atoms. The van der Waals surface area contributed by atoms with E-state index in [1.807, 2.05) is 13.0 Å². The van der Waals surface area contributed by atoms with E-state index in [0.717, 1.165) is 32.2 Å². The summed E-state index contributed by atoms with van der Waals surface area (Å²) < 4.78 is 5.80. The molecule has 144 valence electrons. The Bertz CT molecular complexity index is 611. The Kier molecular flexibility index (Phi) is 5.70. The summed E-state index contributed by atoms with van der Waals surface area (Å²) in [4.78, 5) is 16.2. The molecular weight excluding hydrogens is 328 g/mol. The molecule has 1 aliphatic heterocycles. The van der Waals surface area contributed by atoms with Gasteiger partial charge in [-0.05, 0) is 44.1 Å². The number of carbonyl (C=O) groups is 1. The van der Waals surface area contributed by atoms with Crippen LogP contribution in [0.2, 0.25) is 0 Å². The van der Waals surface area contributed by atoms with Crippen molar-refractivity contribution in [1.29, 1.82) is 0 Å². The molecule has 0 radical (unpaired) electrons. The summed E-state index contributed by atoms with van der Waals surface area (Å²) in [5, 5.41) is 11.1. The Morgan fingerprint density at radius 3 is 2.54 bits per heavy atom. The van der Waals surface area contributed by atoms with Crippen molar-refractivity contribution in [3.8, 4) is 0 Å². The number of hydrogen-bond acceptors (Lipinski definition) is 4. The molecular formula is C21H32N2O3. The lowest BCUT2D eigenvalue weighted by Gasteiger charge is -2.45. The van der Waals surface area contributed by atoms with Crippen LogP contribution in [-0.4, -0.2) is 72.4 Å². The summed E-state index contributed by atoms with van der Waals surface area (Å²) in [5.74, 6) is 0.531. The maximum Gasteiger partial charge on any atom is 0.255 e. The van der Waals surface area contributed by atoms with Crippen LogP contribution >= 0.6 is 0 Å². The van der Waals surface area contributed by atoms with Gasteiger partial charge >= 0.3 is 0 Å². The van der Waals surface area contributed by atoms with Gasteiger partial charge in [0.05, 0.1) is 12.2 Å². The van der Waals surface area contributed by atoms with Crippen LogP contribution < -0.4 is 0 Å². The van der Waals surface area contributed by atoms with Gasteiger partial charge in [0.1, 0.15) is 0 Å². The van der Waals surface area contributed by atoms with E-state index in [9.17, 15) is 9.90 Å². The Balaban J connectivity index is 1.58. The lowest BCUT2D eigenvalue weighted by Crippen LogP contribution is -2.60. The first-order chi connectivity index (χ1) is 12.3. The van der Waals surface area contributed by atoms with Gasteiger partial charge in [-0.15, -0.1) is 0 Å². The minimum Gasteiger partial charge on any atom is -0.389 e. The molecule has 2 fully saturated rings. The summed E-state index contributed by atoms with van der Waals surface area (Å²) in [5.41, 5.74) is -0.102. The average Bonchev–Trinajstić information content (AvgIpc) is 2.62. The van der Waals surface area contributed by atoms with Crippen LogP contribution in [0, 0.1) is 0 Å². The monoisotopic (exact) mass is 360 g/mol. The van der Waals surface area contributed by atoms with Crippen LogP contribution in [0.1, 0.15) is 44.1 Å². The fourth-order valence-electron chi connectivity index (χ4n) is 4.48. The molecule has 1 saturated carbocycles. The van der Waals surface area contributed by atoms with E-state index in [1.54, 1.807) is 19.0 Å². The molecule has 1 N–H and O–H groups in total. The third-order valence-corrected chi connectivity index (χ3v) is 5.92. The molecule has 1 atom stereocenters. The highest BCUT2D eigenvalue weighted by atomic mass is 16.5. The van der Waals surface area contributed by atoms with E-state index in [0.29, 0.717) is 25.6 Å². The molecule has 1 saturated heterocycles. The Hall–Kier alpha value is -1.43. The number of β-amino-alcohol motifs (C(OH)–C–C–N with tert-alkyl or cyclic N) is 1. The quantitative estimate of drug-likeness (QED) is 0.895. The zero-order valence-electron chi connectivity index (χ0n) is 16.3. The van der Waals surface area contributed by atoms with Crippen LogP contribution in [0.25, 0.3) is 0 Å². The summed E-state index contributed by atoms with van der Waals surface area (Å²) >= 11 is 0. The molecule has 1 aliphatic carbocycles. The van der Waals surface area contributed by atoms with Crippen molar-refractivity contribution in [2.75, 3.05) is 40.3 Å². The highest BCUT2D eigenvalue weighted by molar-refractivity contribution is 5.84. The number of amides is 1. The van der Waals surface area contributed by atoms with Crippen molar-refractivity contribution in [3.63, 3.8) is 0 Å². The van der Waals surface area contributed by atoms with Crippen LogP contribution in [0.5, 0.6) is 0 Å². The smallest absolute Gasteiger partial charge is 0.255 e. The number of aliphatic hydroxyl groups is 1. The molecule has 1 aromatic rings. The Morgan fingerprint density at radius 2 is 1.92 bits per heavy atom. The number of benzene rings is 1. The van der Waals surface area contributed by atoms with E-state index in [1.165, 1.54) is 5.56 Å². The van der Waals surface area contributed by atoms with E-state index < -0.39 is 11.2 Å². The lowest BCUT2D eigenvalue weighted by molar-refractivity contribution is -0.168. The van der Waals surface area contributed by atoms with Gasteiger partial charge in [0, 0.05) is 33.7 Å². The molecule has 1 amide bonds. The number of rotatable bonds is 4. The predicted molar refractivity (Wildman–Crippen MR) is 102 cm³/mol. The van der Waals surface area contributed by atoms with Crippen molar-refractivity contribution < 1.29 is 14.6 Å². The van der Waals surface area contributed by atoms with Crippen molar-refractivity contribution >= 4 is 5.91 Å². The molecule has 1 heterocycles. The van der Waals surface area contributed by atoms with Gasteiger partial charge < -0.3 is 14.7 Å². The topological polar surface area (TPSA) is 53.0 Å². The fourth-order valence-corrected chi connectivity index (χ4v) is 4.48. The van der Waals surface area contributed by atoms with E-state index in [4.69, 9.17) is 4.74 Å². The van der Waals surface area contributed by atoms with Gasteiger partial charge in [0.2, 0.25) is 0 Å². The summed E-state index contributed by atoms with van der Waals surface area (Å²) in [7, 11) is 3.52. The van der Waals surface area contributed by atoms with Crippen LogP contribution in [-0.2, 0) is 9.53 Å². The molecule has 0 spiro atoms. The molecule has 0 unspecified atom stereocenters. The van der Waals surface area contributed by atoms with Crippen molar-refractivity contribution in [1.82, 2.24) is 9.80 Å². The standard InChI is InChI=1S/C21H32N2O3/c1-20(19(24)22(2)3)15-23(13-14-26-20)16-21(25)11-9-18(10-12-21)17-7-5-4-6-8-17/h4-8,18,25H,9-16H2,1-3H3/t18?,20-,21?/m0/s1. The summed E-state index contributed by atoms with van der Waals surface area (Å²) in [6.45, 7) is 4.31. The summed E-state index contributed by atoms with van der Waals surface area (Å²) in [6.07, 6.45) is 3.64. The maximum absolute atomic E-state index is 12.4. The van der Waals surface area contributed by atoms with Crippen LogP contribution in [0.3, 0.4) is 0 Å². The zero-order valence-corrected chi connectivity index (χ0v) is 16.3. The van der Waals surface area contributed by atoms with Gasteiger partial charge in [0.15, 0.2) is 5.60 Å². The Labute approximate surface area is 156 Å². The van der Waals surface area contributed by atoms with Gasteiger partial charge in [-0.25, -0.2) is 0 Å². The third kappa shape index (κ3) is 4.27. The first-order valence-electron chi connectivity index (χ1n) is 9.67. The first kappa shape index (κ1) is 19.3. The highest BCUT2D eigenvalue weighted by Crippen LogP contribution is 2.38. The maximum atomic E-state index is 12.4. The third-order valence-electron chi connectivity index (χ3n) is 5.92. The fraction of sp³-hybridized carbons (Fsp3) is 0.667. The number of nitrogens with zero attached hydrogens (tertiary/aromatic N) is 2. The van der Waals surface area contributed by atoms with Crippen LogP contribution in [0.4, 0.5) is 0 Å². The molecule has 1 aromatic carbocycles. The number of likely N-dealkylation sites (N-methyl/N-ethyl adjacent to an activating group) is 1. The second-order valence-corrected chi connectivity index (χ2v) is 8.40. The van der Waals surface area contributed by atoms with Crippen LogP contribution in [0.15, 0.2) is 30.3 Å². The zero-order chi connectivity index (χ0) is 18.8. The Morgan fingerprint density at radius 1 is 1.27 bits per heavy atom. The molecule has 0 aromatic heterocycles. The number of hydrogen-bond donors (Lipinski definition) is 1. The van der Waals surface area contributed by atoms with Gasteiger partial charge in [-0.3, -0.25) is 9.69 Å². The molecule has 5 heteroatoms. The normalized spacial score (nSPS) is 33.0. The number of ether oxygens (including phenoxy) is 1. The van der Waals surface area contributed by atoms with Crippen molar-refractivity contribution in [2.24, 2.45) is 0 Å². The second-order valence-electron chi connectivity index (χ2n) is 8.40. The molecule has 2 aliphatic rings.